The first-order valence-corrected chi connectivity index (χ1v) is 7.51. The lowest BCUT2D eigenvalue weighted by molar-refractivity contribution is -0.143. The van der Waals surface area contributed by atoms with E-state index < -0.39 is 29.3 Å². The van der Waals surface area contributed by atoms with Gasteiger partial charge in [0.25, 0.3) is 5.91 Å². The van der Waals surface area contributed by atoms with E-state index in [2.05, 4.69) is 0 Å². The van der Waals surface area contributed by atoms with Gasteiger partial charge in [-0.25, -0.2) is 13.2 Å². The molecule has 0 N–H and O–H groups in total. The quantitative estimate of drug-likeness (QED) is 0.571. The predicted octanol–water partition coefficient (Wildman–Crippen LogP) is 2.91. The van der Waals surface area contributed by atoms with Crippen LogP contribution in [-0.2, 0) is 9.53 Å². The minimum atomic E-state index is -1.61. The van der Waals surface area contributed by atoms with Gasteiger partial charge in [-0.05, 0) is 37.8 Å². The zero-order valence-electron chi connectivity index (χ0n) is 12.8. The molecule has 0 heterocycles. The fourth-order valence-electron chi connectivity index (χ4n) is 2.21. The Balaban J connectivity index is 2.10. The second kappa shape index (κ2) is 7.48. The Bertz CT molecular complexity index is 579. The van der Waals surface area contributed by atoms with Crippen LogP contribution in [0.5, 0.6) is 0 Å². The Morgan fingerprint density at radius 3 is 2.35 bits per heavy atom. The topological polar surface area (TPSA) is 46.6 Å². The molecule has 1 saturated carbocycles. The molecular weight excluding hydrogens is 311 g/mol. The number of amides is 1. The van der Waals surface area contributed by atoms with Crippen molar-refractivity contribution in [1.82, 2.24) is 4.90 Å². The van der Waals surface area contributed by atoms with E-state index in [-0.39, 0.29) is 25.1 Å². The zero-order chi connectivity index (χ0) is 17.0. The molecule has 23 heavy (non-hydrogen) atoms. The fourth-order valence-corrected chi connectivity index (χ4v) is 2.21. The minimum Gasteiger partial charge on any atom is -0.466 e. The molecule has 1 aliphatic carbocycles. The molecule has 0 atom stereocenters. The molecule has 4 nitrogen and oxygen atoms in total. The lowest BCUT2D eigenvalue weighted by Crippen LogP contribution is -2.35. The highest BCUT2D eigenvalue weighted by Gasteiger charge is 2.28. The Morgan fingerprint density at radius 2 is 1.83 bits per heavy atom. The van der Waals surface area contributed by atoms with Gasteiger partial charge in [-0.15, -0.1) is 0 Å². The van der Waals surface area contributed by atoms with Crippen molar-refractivity contribution in [3.8, 4) is 0 Å². The third-order valence-corrected chi connectivity index (χ3v) is 3.58. The summed E-state index contributed by atoms with van der Waals surface area (Å²) in [6.45, 7) is 2.41. The maximum Gasteiger partial charge on any atom is 0.307 e. The van der Waals surface area contributed by atoms with Gasteiger partial charge in [-0.3, -0.25) is 9.59 Å². The van der Waals surface area contributed by atoms with E-state index in [1.54, 1.807) is 6.92 Å². The van der Waals surface area contributed by atoms with Crippen LogP contribution in [0.1, 0.15) is 36.5 Å². The lowest BCUT2D eigenvalue weighted by Gasteiger charge is -2.22. The summed E-state index contributed by atoms with van der Waals surface area (Å²) in [5, 5.41) is 0. The van der Waals surface area contributed by atoms with Crippen LogP contribution < -0.4 is 0 Å². The van der Waals surface area contributed by atoms with E-state index in [0.717, 1.165) is 12.8 Å². The summed E-state index contributed by atoms with van der Waals surface area (Å²) in [7, 11) is 0. The number of benzene rings is 1. The third kappa shape index (κ3) is 4.71. The SMILES string of the molecule is CCOC(=O)CCN(CC1CC1)C(=O)c1cc(F)c(F)c(F)c1. The molecule has 1 amide bonds. The second-order valence-corrected chi connectivity index (χ2v) is 5.50. The van der Waals surface area contributed by atoms with Crippen molar-refractivity contribution in [3.63, 3.8) is 0 Å². The smallest absolute Gasteiger partial charge is 0.307 e. The van der Waals surface area contributed by atoms with Crippen LogP contribution in [0.4, 0.5) is 13.2 Å². The first kappa shape index (κ1) is 17.3. The number of esters is 1. The van der Waals surface area contributed by atoms with Crippen LogP contribution in [0.15, 0.2) is 12.1 Å². The van der Waals surface area contributed by atoms with Crippen molar-refractivity contribution in [2.75, 3.05) is 19.7 Å². The minimum absolute atomic E-state index is 0.00153. The highest BCUT2D eigenvalue weighted by atomic mass is 19.2. The average molecular weight is 329 g/mol. The molecule has 7 heteroatoms. The van der Waals surface area contributed by atoms with Gasteiger partial charge in [0, 0.05) is 18.7 Å². The Morgan fingerprint density at radius 1 is 1.22 bits per heavy atom. The van der Waals surface area contributed by atoms with Crippen molar-refractivity contribution in [3.05, 3.63) is 35.1 Å². The number of nitrogens with zero attached hydrogens (tertiary/aromatic N) is 1. The van der Waals surface area contributed by atoms with Gasteiger partial charge in [0.15, 0.2) is 17.5 Å². The number of hydrogen-bond acceptors (Lipinski definition) is 3. The Hall–Kier alpha value is -2.05. The van der Waals surface area contributed by atoms with Crippen LogP contribution in [-0.4, -0.2) is 36.5 Å². The summed E-state index contributed by atoms with van der Waals surface area (Å²) in [6, 6.07) is 1.34. The molecule has 0 aromatic heterocycles. The third-order valence-electron chi connectivity index (χ3n) is 3.58. The summed E-state index contributed by atoms with van der Waals surface area (Å²) < 4.78 is 44.4. The molecule has 1 aromatic rings. The predicted molar refractivity (Wildman–Crippen MR) is 76.2 cm³/mol. The number of carbonyl (C=O) groups excluding carboxylic acids is 2. The summed E-state index contributed by atoms with van der Waals surface area (Å²) in [4.78, 5) is 25.2. The molecule has 0 bridgehead atoms. The van der Waals surface area contributed by atoms with E-state index in [9.17, 15) is 22.8 Å². The first-order chi connectivity index (χ1) is 10.9. The standard InChI is InChI=1S/C16H18F3NO3/c1-2-23-14(21)5-6-20(9-10-3-4-10)16(22)11-7-12(17)15(19)13(18)8-11/h7-8,10H,2-6,9H2,1H3. The normalized spacial score (nSPS) is 13.7. The summed E-state index contributed by atoms with van der Waals surface area (Å²) in [5.41, 5.74) is -0.272. The van der Waals surface area contributed by atoms with Gasteiger partial charge >= 0.3 is 5.97 Å². The largest absolute Gasteiger partial charge is 0.466 e. The van der Waals surface area contributed by atoms with Crippen molar-refractivity contribution in [1.29, 1.82) is 0 Å². The number of carbonyl (C=O) groups is 2. The van der Waals surface area contributed by atoms with Gasteiger partial charge in [0.05, 0.1) is 13.0 Å². The molecule has 1 aromatic carbocycles. The number of rotatable bonds is 7. The monoisotopic (exact) mass is 329 g/mol. The number of ether oxygens (including phenoxy) is 1. The molecule has 2 rings (SSSR count). The van der Waals surface area contributed by atoms with E-state index in [1.807, 2.05) is 0 Å². The van der Waals surface area contributed by atoms with Gasteiger partial charge in [-0.2, -0.15) is 0 Å². The van der Waals surface area contributed by atoms with Crippen LogP contribution >= 0.6 is 0 Å². The molecule has 0 saturated heterocycles. The second-order valence-electron chi connectivity index (χ2n) is 5.50. The van der Waals surface area contributed by atoms with E-state index in [0.29, 0.717) is 24.6 Å². The molecule has 0 aliphatic heterocycles. The highest BCUT2D eigenvalue weighted by Crippen LogP contribution is 2.30. The molecular formula is C16H18F3NO3. The highest BCUT2D eigenvalue weighted by molar-refractivity contribution is 5.94. The van der Waals surface area contributed by atoms with Crippen LogP contribution in [0.3, 0.4) is 0 Å². The van der Waals surface area contributed by atoms with Crippen molar-refractivity contribution in [2.45, 2.75) is 26.2 Å². The Labute approximate surface area is 132 Å². The molecule has 1 fully saturated rings. The molecule has 0 radical (unpaired) electrons. The van der Waals surface area contributed by atoms with Crippen molar-refractivity contribution < 1.29 is 27.5 Å². The van der Waals surface area contributed by atoms with Crippen LogP contribution in [0.25, 0.3) is 0 Å². The van der Waals surface area contributed by atoms with Gasteiger partial charge in [0.1, 0.15) is 0 Å². The number of hydrogen-bond donors (Lipinski definition) is 0. The number of halogens is 3. The Kier molecular flexibility index (Phi) is 5.63. The molecule has 0 spiro atoms. The van der Waals surface area contributed by atoms with E-state index >= 15 is 0 Å². The lowest BCUT2D eigenvalue weighted by atomic mass is 10.1. The van der Waals surface area contributed by atoms with Gasteiger partial charge in [0.2, 0.25) is 0 Å². The summed E-state index contributed by atoms with van der Waals surface area (Å²) in [6.07, 6.45) is 1.93. The van der Waals surface area contributed by atoms with Crippen LogP contribution in [0.2, 0.25) is 0 Å². The summed E-state index contributed by atoms with van der Waals surface area (Å²) in [5.74, 6) is -5.18. The van der Waals surface area contributed by atoms with E-state index in [1.165, 1.54) is 4.90 Å². The van der Waals surface area contributed by atoms with E-state index in [4.69, 9.17) is 4.74 Å². The fraction of sp³-hybridized carbons (Fsp3) is 0.500. The zero-order valence-corrected chi connectivity index (χ0v) is 12.8. The maximum atomic E-state index is 13.3. The molecule has 126 valence electrons. The van der Waals surface area contributed by atoms with Gasteiger partial charge in [-0.1, -0.05) is 0 Å². The van der Waals surface area contributed by atoms with Crippen molar-refractivity contribution >= 4 is 11.9 Å². The van der Waals surface area contributed by atoms with Crippen molar-refractivity contribution in [2.24, 2.45) is 5.92 Å². The first-order valence-electron chi connectivity index (χ1n) is 7.51. The van der Waals surface area contributed by atoms with Crippen LogP contribution in [0, 0.1) is 23.4 Å². The van der Waals surface area contributed by atoms with Gasteiger partial charge < -0.3 is 9.64 Å². The molecule has 0 unspecified atom stereocenters. The summed E-state index contributed by atoms with van der Waals surface area (Å²) >= 11 is 0. The average Bonchev–Trinajstić information content (AvgIpc) is 3.32. The maximum absolute atomic E-state index is 13.3. The molecule has 1 aliphatic rings.